The Labute approximate surface area is 41.5 Å². The van der Waals surface area contributed by atoms with Crippen LogP contribution in [0.25, 0.3) is 0 Å². The van der Waals surface area contributed by atoms with Gasteiger partial charge in [-0.3, -0.25) is 0 Å². The van der Waals surface area contributed by atoms with Crippen LogP contribution >= 0.6 is 12.6 Å². The fourth-order valence-electron chi connectivity index (χ4n) is 0. The van der Waals surface area contributed by atoms with Crippen molar-refractivity contribution in [2.45, 2.75) is 0 Å². The summed E-state index contributed by atoms with van der Waals surface area (Å²) in [6.45, 7) is 0. The molecule has 0 bridgehead atoms. The van der Waals surface area contributed by atoms with Crippen molar-refractivity contribution in [3.05, 3.63) is 0 Å². The van der Waals surface area contributed by atoms with E-state index in [4.69, 9.17) is 0 Å². The summed E-state index contributed by atoms with van der Waals surface area (Å²) in [5, 5.41) is -0.618. The lowest BCUT2D eigenvalue weighted by Gasteiger charge is -1.97. The highest BCUT2D eigenvalue weighted by Gasteiger charge is 1.81. The van der Waals surface area contributed by atoms with Gasteiger partial charge in [-0.25, -0.2) is 8.42 Å². The van der Waals surface area contributed by atoms with Gasteiger partial charge in [0.1, 0.15) is 10.1 Å². The molecular weight excluding hydrogens is 124 g/mol. The summed E-state index contributed by atoms with van der Waals surface area (Å²) in [5.41, 5.74) is 0. The lowest BCUT2D eigenvalue weighted by molar-refractivity contribution is 0.469. The van der Waals surface area contributed by atoms with Crippen LogP contribution in [0, 0.1) is 0 Å². The predicted molar refractivity (Wildman–Crippen MR) is 23.6 cm³/mol. The second kappa shape index (κ2) is 1.81. The van der Waals surface area contributed by atoms with Crippen LogP contribution in [0.2, 0.25) is 0 Å². The minimum atomic E-state index is -4.05. The fourth-order valence-corrected chi connectivity index (χ4v) is 0. The third-order valence-corrected chi connectivity index (χ3v) is 1.42. The largest absolute Gasteiger partial charge is 0.747 e. The van der Waals surface area contributed by atoms with Gasteiger partial charge in [-0.15, -0.1) is 0 Å². The number of rotatable bonds is 1. The van der Waals surface area contributed by atoms with Crippen LogP contribution in [-0.2, 0) is 10.1 Å². The topological polar surface area (TPSA) is 57.2 Å². The smallest absolute Gasteiger partial charge is 0.104 e. The van der Waals surface area contributed by atoms with Gasteiger partial charge in [0, 0.05) is 0 Å². The molecule has 0 radical (unpaired) electrons. The number of hydrogen-bond donors (Lipinski definition) is 1. The Morgan fingerprint density at radius 3 is 1.83 bits per heavy atom. The molecule has 5 heteroatoms. The molecular formula is CH3O3S2-. The predicted octanol–water partition coefficient (Wildman–Crippen LogP) is -0.581. The summed E-state index contributed by atoms with van der Waals surface area (Å²) in [7, 11) is -4.05. The van der Waals surface area contributed by atoms with Crippen LogP contribution in [0.3, 0.4) is 0 Å². The van der Waals surface area contributed by atoms with Gasteiger partial charge < -0.3 is 4.55 Å². The molecule has 0 N–H and O–H groups in total. The molecule has 0 aliphatic carbocycles. The second-order valence-corrected chi connectivity index (χ2v) is 2.83. The van der Waals surface area contributed by atoms with E-state index >= 15 is 0 Å². The molecule has 0 aliphatic rings. The number of hydrogen-bond acceptors (Lipinski definition) is 4. The zero-order chi connectivity index (χ0) is 5.21. The molecule has 0 saturated heterocycles. The molecule has 0 aromatic carbocycles. The quantitative estimate of drug-likeness (QED) is 0.378. The van der Waals surface area contributed by atoms with Crippen molar-refractivity contribution in [1.29, 1.82) is 0 Å². The van der Waals surface area contributed by atoms with Crippen LogP contribution in [0.4, 0.5) is 0 Å². The molecule has 0 spiro atoms. The monoisotopic (exact) mass is 127 g/mol. The van der Waals surface area contributed by atoms with E-state index in [0.717, 1.165) is 0 Å². The molecule has 0 unspecified atom stereocenters. The summed E-state index contributed by atoms with van der Waals surface area (Å²) < 4.78 is 28.1. The van der Waals surface area contributed by atoms with Crippen molar-refractivity contribution in [3.8, 4) is 0 Å². The van der Waals surface area contributed by atoms with Crippen molar-refractivity contribution in [1.82, 2.24) is 0 Å². The van der Waals surface area contributed by atoms with Gasteiger partial charge in [0.25, 0.3) is 0 Å². The Kier molecular flexibility index (Phi) is 1.89. The maximum Gasteiger partial charge on any atom is 0.104 e. The lowest BCUT2D eigenvalue weighted by atomic mass is 11.9. The Balaban J connectivity index is 3.85. The van der Waals surface area contributed by atoms with E-state index in [1.54, 1.807) is 0 Å². The van der Waals surface area contributed by atoms with E-state index in [0.29, 0.717) is 0 Å². The molecule has 6 heavy (non-hydrogen) atoms. The van der Waals surface area contributed by atoms with Crippen molar-refractivity contribution >= 4 is 22.7 Å². The molecule has 0 aliphatic heterocycles. The molecule has 0 heterocycles. The molecule has 3 nitrogen and oxygen atoms in total. The van der Waals surface area contributed by atoms with Gasteiger partial charge in [0.05, 0.1) is 5.08 Å². The standard InChI is InChI=1S/CH4O3S2/c2-6(3,4)1-5/h5H,1H2,(H,2,3,4)/p-1. The first-order chi connectivity index (χ1) is 2.56. The Morgan fingerprint density at radius 1 is 1.67 bits per heavy atom. The van der Waals surface area contributed by atoms with Crippen molar-refractivity contribution in [2.75, 3.05) is 5.08 Å². The molecule has 0 atom stereocenters. The molecule has 38 valence electrons. The summed E-state index contributed by atoms with van der Waals surface area (Å²) in [4.78, 5) is 0. The third-order valence-electron chi connectivity index (χ3n) is 0.158. The van der Waals surface area contributed by atoms with E-state index in [-0.39, 0.29) is 0 Å². The lowest BCUT2D eigenvalue weighted by Crippen LogP contribution is -1.96. The van der Waals surface area contributed by atoms with Gasteiger partial charge in [0.15, 0.2) is 0 Å². The van der Waals surface area contributed by atoms with Crippen molar-refractivity contribution < 1.29 is 13.0 Å². The SMILES string of the molecule is O=S(=O)([O-])CS. The number of thiol groups is 1. The Hall–Kier alpha value is 0.260. The fraction of sp³-hybridized carbons (Fsp3) is 1.00. The van der Waals surface area contributed by atoms with E-state index < -0.39 is 15.2 Å². The summed E-state index contributed by atoms with van der Waals surface area (Å²) >= 11 is 3.20. The van der Waals surface area contributed by atoms with Crippen LogP contribution in [0.5, 0.6) is 0 Å². The molecule has 0 saturated carbocycles. The van der Waals surface area contributed by atoms with Gasteiger partial charge >= 0.3 is 0 Å². The molecule has 0 aromatic rings. The van der Waals surface area contributed by atoms with Crippen molar-refractivity contribution in [3.63, 3.8) is 0 Å². The van der Waals surface area contributed by atoms with Gasteiger partial charge in [0.2, 0.25) is 0 Å². The van der Waals surface area contributed by atoms with Gasteiger partial charge in [-0.1, -0.05) is 0 Å². The Morgan fingerprint density at radius 2 is 1.83 bits per heavy atom. The minimum absolute atomic E-state index is 0.618. The van der Waals surface area contributed by atoms with E-state index in [9.17, 15) is 13.0 Å². The van der Waals surface area contributed by atoms with E-state index in [1.807, 2.05) is 0 Å². The van der Waals surface area contributed by atoms with Crippen molar-refractivity contribution in [2.24, 2.45) is 0 Å². The highest BCUT2D eigenvalue weighted by Crippen LogP contribution is 1.81. The first-order valence-electron chi connectivity index (χ1n) is 1.10. The maximum absolute atomic E-state index is 9.37. The zero-order valence-corrected chi connectivity index (χ0v) is 4.50. The summed E-state index contributed by atoms with van der Waals surface area (Å²) in [5.74, 6) is 0. The van der Waals surface area contributed by atoms with Crippen LogP contribution in [-0.4, -0.2) is 18.1 Å². The molecule has 0 rings (SSSR count). The van der Waals surface area contributed by atoms with Gasteiger partial charge in [-0.2, -0.15) is 12.6 Å². The van der Waals surface area contributed by atoms with Crippen LogP contribution in [0.15, 0.2) is 0 Å². The molecule has 0 fully saturated rings. The third kappa shape index (κ3) is 4.26. The first kappa shape index (κ1) is 6.26. The summed E-state index contributed by atoms with van der Waals surface area (Å²) in [6.07, 6.45) is 0. The minimum Gasteiger partial charge on any atom is -0.747 e. The first-order valence-corrected chi connectivity index (χ1v) is 3.31. The van der Waals surface area contributed by atoms with E-state index in [1.165, 1.54) is 0 Å². The zero-order valence-electron chi connectivity index (χ0n) is 2.79. The highest BCUT2D eigenvalue weighted by atomic mass is 32.3. The second-order valence-electron chi connectivity index (χ2n) is 0.687. The normalized spacial score (nSPS) is 11.7. The molecule has 0 aromatic heterocycles. The van der Waals surface area contributed by atoms with Gasteiger partial charge in [-0.05, 0) is 0 Å². The highest BCUT2D eigenvalue weighted by molar-refractivity contribution is 8.00. The van der Waals surface area contributed by atoms with E-state index in [2.05, 4.69) is 12.6 Å². The average molecular weight is 127 g/mol. The summed E-state index contributed by atoms with van der Waals surface area (Å²) in [6, 6.07) is 0. The average Bonchev–Trinajstić information content (AvgIpc) is 1.35. The van der Waals surface area contributed by atoms with Crippen LogP contribution in [0.1, 0.15) is 0 Å². The van der Waals surface area contributed by atoms with Crippen LogP contribution < -0.4 is 0 Å². The maximum atomic E-state index is 9.37. The molecule has 0 amide bonds. The Bertz CT molecular complexity index is 111.